The summed E-state index contributed by atoms with van der Waals surface area (Å²) in [6, 6.07) is 9.50. The molecule has 3 aromatic rings. The Labute approximate surface area is 203 Å². The molecule has 2 N–H and O–H groups in total. The zero-order valence-electron chi connectivity index (χ0n) is 20.4. The molecule has 1 aliphatic rings. The molecule has 1 heterocycles. The standard InChI is InChI=1S/C26H32F3N3O3/c1-5-25(3)13-16(2)10-19(14-25)32-22-12-23(34-4)17(15-33)11-21(22)31-24(32)30-18-6-8-20(9-7-18)35-26(27,28)29/h6-9,11-12,16,19,33H,5,10,13-15H2,1-4H3,(H,30,31)/t16-,19+,25?/m1/s1. The normalized spacial score (nSPS) is 22.9. The van der Waals surface area contributed by atoms with Gasteiger partial charge < -0.3 is 24.5 Å². The second kappa shape index (κ2) is 9.60. The van der Waals surface area contributed by atoms with Gasteiger partial charge in [-0.1, -0.05) is 27.2 Å². The molecule has 6 nitrogen and oxygen atoms in total. The predicted molar refractivity (Wildman–Crippen MR) is 129 cm³/mol. The Bertz CT molecular complexity index is 1180. The van der Waals surface area contributed by atoms with Gasteiger partial charge in [-0.3, -0.25) is 0 Å². The Kier molecular flexibility index (Phi) is 6.90. The molecule has 0 bridgehead atoms. The number of ether oxygens (including phenoxy) is 2. The van der Waals surface area contributed by atoms with E-state index >= 15 is 0 Å². The van der Waals surface area contributed by atoms with E-state index in [1.54, 1.807) is 7.11 Å². The van der Waals surface area contributed by atoms with E-state index in [1.165, 1.54) is 24.3 Å². The largest absolute Gasteiger partial charge is 0.573 e. The number of halogens is 3. The third-order valence-corrected chi connectivity index (χ3v) is 7.07. The van der Waals surface area contributed by atoms with Gasteiger partial charge in [-0.05, 0) is 60.9 Å². The topological polar surface area (TPSA) is 68.5 Å². The van der Waals surface area contributed by atoms with Gasteiger partial charge in [0.05, 0.1) is 24.8 Å². The number of anilines is 2. The molecule has 0 radical (unpaired) electrons. The number of methoxy groups -OCH3 is 1. The highest BCUT2D eigenvalue weighted by Gasteiger charge is 2.37. The van der Waals surface area contributed by atoms with Crippen LogP contribution in [0.4, 0.5) is 24.8 Å². The second-order valence-corrected chi connectivity index (χ2v) is 9.88. The van der Waals surface area contributed by atoms with Crippen molar-refractivity contribution in [3.05, 3.63) is 42.0 Å². The molecule has 1 aliphatic carbocycles. The molecule has 190 valence electrons. The van der Waals surface area contributed by atoms with Crippen molar-refractivity contribution in [3.63, 3.8) is 0 Å². The first-order valence-corrected chi connectivity index (χ1v) is 11.9. The monoisotopic (exact) mass is 491 g/mol. The van der Waals surface area contributed by atoms with E-state index < -0.39 is 6.36 Å². The summed E-state index contributed by atoms with van der Waals surface area (Å²) in [4.78, 5) is 4.82. The van der Waals surface area contributed by atoms with Crippen LogP contribution in [0.15, 0.2) is 36.4 Å². The summed E-state index contributed by atoms with van der Waals surface area (Å²) in [5, 5.41) is 13.1. The Morgan fingerprint density at radius 2 is 1.91 bits per heavy atom. The number of rotatable bonds is 7. The lowest BCUT2D eigenvalue weighted by molar-refractivity contribution is -0.274. The minimum atomic E-state index is -4.74. The zero-order valence-corrected chi connectivity index (χ0v) is 20.4. The summed E-state index contributed by atoms with van der Waals surface area (Å²) in [6.45, 7) is 6.65. The molecular weight excluding hydrogens is 459 g/mol. The Hall–Kier alpha value is -2.94. The van der Waals surface area contributed by atoms with Gasteiger partial charge in [-0.25, -0.2) is 4.98 Å². The average Bonchev–Trinajstić information content (AvgIpc) is 3.14. The first kappa shape index (κ1) is 25.2. The highest BCUT2D eigenvalue weighted by atomic mass is 19.4. The molecule has 3 atom stereocenters. The molecule has 4 rings (SSSR count). The van der Waals surface area contributed by atoms with Gasteiger partial charge in [0.25, 0.3) is 0 Å². The first-order chi connectivity index (χ1) is 16.5. The van der Waals surface area contributed by atoms with E-state index in [-0.39, 0.29) is 23.8 Å². The van der Waals surface area contributed by atoms with Crippen LogP contribution < -0.4 is 14.8 Å². The lowest BCUT2D eigenvalue weighted by Gasteiger charge is -2.42. The Balaban J connectivity index is 1.77. The van der Waals surface area contributed by atoms with Crippen LogP contribution in [0.25, 0.3) is 11.0 Å². The number of imidazole rings is 1. The number of aliphatic hydroxyl groups excluding tert-OH is 1. The summed E-state index contributed by atoms with van der Waals surface area (Å²) < 4.78 is 49.3. The van der Waals surface area contributed by atoms with Crippen LogP contribution in [0.1, 0.15) is 58.1 Å². The summed E-state index contributed by atoms with van der Waals surface area (Å²) in [5.41, 5.74) is 3.02. The number of benzene rings is 2. The molecule has 0 spiro atoms. The number of nitrogens with one attached hydrogen (secondary N) is 1. The molecule has 0 aliphatic heterocycles. The Morgan fingerprint density at radius 3 is 2.51 bits per heavy atom. The van der Waals surface area contributed by atoms with Gasteiger partial charge in [-0.15, -0.1) is 13.2 Å². The van der Waals surface area contributed by atoms with Crippen molar-refractivity contribution in [2.45, 2.75) is 65.5 Å². The number of hydrogen-bond donors (Lipinski definition) is 2. The van der Waals surface area contributed by atoms with Crippen LogP contribution in [0.5, 0.6) is 11.5 Å². The highest BCUT2D eigenvalue weighted by Crippen LogP contribution is 2.48. The Morgan fingerprint density at radius 1 is 1.20 bits per heavy atom. The molecule has 9 heteroatoms. The van der Waals surface area contributed by atoms with Crippen molar-refractivity contribution in [1.29, 1.82) is 0 Å². The number of alkyl halides is 3. The minimum absolute atomic E-state index is 0.175. The van der Waals surface area contributed by atoms with Gasteiger partial charge in [0.2, 0.25) is 5.95 Å². The number of hydrogen-bond acceptors (Lipinski definition) is 5. The number of nitrogens with zero attached hydrogens (tertiary/aromatic N) is 2. The fraction of sp³-hybridized carbons (Fsp3) is 0.500. The third-order valence-electron chi connectivity index (χ3n) is 7.07. The van der Waals surface area contributed by atoms with Crippen molar-refractivity contribution in [2.75, 3.05) is 12.4 Å². The quantitative estimate of drug-likeness (QED) is 0.374. The first-order valence-electron chi connectivity index (χ1n) is 11.9. The summed E-state index contributed by atoms with van der Waals surface area (Å²) in [7, 11) is 1.57. The van der Waals surface area contributed by atoms with Crippen molar-refractivity contribution >= 4 is 22.7 Å². The van der Waals surface area contributed by atoms with E-state index in [0.29, 0.717) is 34.4 Å². The molecule has 0 saturated heterocycles. The molecule has 2 aromatic carbocycles. The smallest absolute Gasteiger partial charge is 0.496 e. The minimum Gasteiger partial charge on any atom is -0.496 e. The molecule has 35 heavy (non-hydrogen) atoms. The van der Waals surface area contributed by atoms with Crippen molar-refractivity contribution < 1.29 is 27.8 Å². The van der Waals surface area contributed by atoms with E-state index in [4.69, 9.17) is 9.72 Å². The second-order valence-electron chi connectivity index (χ2n) is 9.88. The van der Waals surface area contributed by atoms with Gasteiger partial charge in [0.1, 0.15) is 11.5 Å². The van der Waals surface area contributed by atoms with E-state index in [9.17, 15) is 18.3 Å². The van der Waals surface area contributed by atoms with Gasteiger partial charge >= 0.3 is 6.36 Å². The third kappa shape index (κ3) is 5.50. The van der Waals surface area contributed by atoms with Crippen LogP contribution in [-0.4, -0.2) is 28.1 Å². The van der Waals surface area contributed by atoms with Gasteiger partial charge in [-0.2, -0.15) is 0 Å². The van der Waals surface area contributed by atoms with Crippen molar-refractivity contribution in [2.24, 2.45) is 11.3 Å². The van der Waals surface area contributed by atoms with Crippen LogP contribution in [-0.2, 0) is 6.61 Å². The maximum atomic E-state index is 12.5. The molecule has 1 aromatic heterocycles. The summed E-state index contributed by atoms with van der Waals surface area (Å²) in [6.07, 6.45) is -0.541. The van der Waals surface area contributed by atoms with Crippen molar-refractivity contribution in [1.82, 2.24) is 9.55 Å². The average molecular weight is 492 g/mol. The summed E-state index contributed by atoms with van der Waals surface area (Å²) >= 11 is 0. The van der Waals surface area contributed by atoms with E-state index in [0.717, 1.165) is 31.2 Å². The fourth-order valence-corrected chi connectivity index (χ4v) is 5.42. The summed E-state index contributed by atoms with van der Waals surface area (Å²) in [5.74, 6) is 1.43. The molecular formula is C26H32F3N3O3. The van der Waals surface area contributed by atoms with Crippen LogP contribution in [0.3, 0.4) is 0 Å². The fourth-order valence-electron chi connectivity index (χ4n) is 5.42. The van der Waals surface area contributed by atoms with Crippen molar-refractivity contribution in [3.8, 4) is 11.5 Å². The highest BCUT2D eigenvalue weighted by molar-refractivity contribution is 5.82. The number of fused-ring (bicyclic) bond motifs is 1. The predicted octanol–water partition coefficient (Wildman–Crippen LogP) is 6.96. The van der Waals surface area contributed by atoms with E-state index in [1.807, 2.05) is 12.1 Å². The number of aliphatic hydroxyl groups is 1. The van der Waals surface area contributed by atoms with Gasteiger partial charge in [0.15, 0.2) is 0 Å². The maximum absolute atomic E-state index is 12.5. The molecule has 1 fully saturated rings. The molecule has 1 saturated carbocycles. The lowest BCUT2D eigenvalue weighted by Crippen LogP contribution is -2.31. The van der Waals surface area contributed by atoms with Crippen LogP contribution in [0, 0.1) is 11.3 Å². The molecule has 0 amide bonds. The molecule has 1 unspecified atom stereocenters. The number of aromatic nitrogens is 2. The van der Waals surface area contributed by atoms with Crippen LogP contribution in [0.2, 0.25) is 0 Å². The van der Waals surface area contributed by atoms with Crippen LogP contribution >= 0.6 is 0 Å². The maximum Gasteiger partial charge on any atom is 0.573 e. The van der Waals surface area contributed by atoms with E-state index in [2.05, 4.69) is 35.4 Å². The zero-order chi connectivity index (χ0) is 25.4. The lowest BCUT2D eigenvalue weighted by atomic mass is 9.68. The van der Waals surface area contributed by atoms with Gasteiger partial charge in [0, 0.05) is 23.4 Å². The SMILES string of the molecule is CCC1(C)C[C@H](C)C[C@H](n2c(Nc3ccc(OC(F)(F)F)cc3)nc3cc(CO)c(OC)cc32)C1.